The van der Waals surface area contributed by atoms with Crippen LogP contribution in [-0.4, -0.2) is 22.2 Å². The Morgan fingerprint density at radius 3 is 1.91 bits per heavy atom. The van der Waals surface area contributed by atoms with E-state index in [1.54, 1.807) is 13.8 Å². The largest absolute Gasteiger partial charge is 0.488 e. The molecule has 0 atom stereocenters. The number of carboxylic acids is 2. The maximum absolute atomic E-state index is 11.3. The van der Waals surface area contributed by atoms with Gasteiger partial charge in [-0.1, -0.05) is 30.3 Å². The molecule has 0 saturated heterocycles. The van der Waals surface area contributed by atoms with E-state index in [2.05, 4.69) is 0 Å². The molecule has 0 radical (unpaired) electrons. The fraction of sp³-hybridized carbons (Fsp3) is 0.176. The molecule has 0 aliphatic carbocycles. The second-order valence-corrected chi connectivity index (χ2v) is 4.94. The molecule has 2 N–H and O–H groups in total. The minimum atomic E-state index is -1.18. The molecule has 2 aromatic rings. The van der Waals surface area contributed by atoms with Crippen molar-refractivity contribution in [3.8, 4) is 5.75 Å². The van der Waals surface area contributed by atoms with Crippen molar-refractivity contribution in [1.29, 1.82) is 0 Å². The lowest BCUT2D eigenvalue weighted by Crippen LogP contribution is -2.10. The van der Waals surface area contributed by atoms with Crippen LogP contribution in [0.4, 0.5) is 0 Å². The van der Waals surface area contributed by atoms with E-state index in [-0.39, 0.29) is 17.7 Å². The fourth-order valence-electron chi connectivity index (χ4n) is 2.28. The number of benzene rings is 2. The Hall–Kier alpha value is -2.82. The van der Waals surface area contributed by atoms with Gasteiger partial charge in [-0.2, -0.15) is 0 Å². The average Bonchev–Trinajstić information content (AvgIpc) is 2.47. The topological polar surface area (TPSA) is 83.8 Å². The monoisotopic (exact) mass is 300 g/mol. The van der Waals surface area contributed by atoms with Crippen LogP contribution in [-0.2, 0) is 6.61 Å². The van der Waals surface area contributed by atoms with Crippen molar-refractivity contribution in [2.75, 3.05) is 0 Å². The first kappa shape index (κ1) is 15.6. The van der Waals surface area contributed by atoms with Gasteiger partial charge in [-0.3, -0.25) is 0 Å². The van der Waals surface area contributed by atoms with Crippen molar-refractivity contribution in [3.63, 3.8) is 0 Å². The van der Waals surface area contributed by atoms with Crippen LogP contribution in [0.1, 0.15) is 37.4 Å². The molecule has 114 valence electrons. The highest BCUT2D eigenvalue weighted by Crippen LogP contribution is 2.30. The molecule has 0 amide bonds. The summed E-state index contributed by atoms with van der Waals surface area (Å²) >= 11 is 0. The molecule has 0 unspecified atom stereocenters. The van der Waals surface area contributed by atoms with Crippen LogP contribution >= 0.6 is 0 Å². The predicted octanol–water partition coefficient (Wildman–Crippen LogP) is 3.28. The molecule has 0 bridgehead atoms. The Balaban J connectivity index is 2.44. The lowest BCUT2D eigenvalue weighted by molar-refractivity contribution is 0.0695. The average molecular weight is 300 g/mol. The van der Waals surface area contributed by atoms with E-state index in [1.165, 1.54) is 6.07 Å². The zero-order chi connectivity index (χ0) is 16.3. The molecule has 22 heavy (non-hydrogen) atoms. The van der Waals surface area contributed by atoms with E-state index in [4.69, 9.17) is 4.74 Å². The first-order chi connectivity index (χ1) is 10.4. The number of carbonyl (C=O) groups is 2. The van der Waals surface area contributed by atoms with Gasteiger partial charge < -0.3 is 14.9 Å². The van der Waals surface area contributed by atoms with Crippen molar-refractivity contribution < 1.29 is 24.5 Å². The minimum absolute atomic E-state index is 0.0638. The van der Waals surface area contributed by atoms with Crippen LogP contribution in [0, 0.1) is 13.8 Å². The maximum Gasteiger partial charge on any atom is 0.336 e. The molecule has 0 aliphatic rings. The zero-order valence-corrected chi connectivity index (χ0v) is 12.3. The Bertz CT molecular complexity index is 681. The first-order valence-electron chi connectivity index (χ1n) is 6.69. The predicted molar refractivity (Wildman–Crippen MR) is 80.6 cm³/mol. The SMILES string of the molecule is Cc1c(C(=O)O)cc(C(=O)O)c(C)c1OCc1ccccc1. The number of aromatic carboxylic acids is 2. The quantitative estimate of drug-likeness (QED) is 0.885. The maximum atomic E-state index is 11.3. The van der Waals surface area contributed by atoms with Crippen molar-refractivity contribution in [1.82, 2.24) is 0 Å². The molecule has 0 aromatic heterocycles. The highest BCUT2D eigenvalue weighted by Gasteiger charge is 2.21. The zero-order valence-electron chi connectivity index (χ0n) is 12.3. The van der Waals surface area contributed by atoms with Gasteiger partial charge in [0.15, 0.2) is 0 Å². The molecular formula is C17H16O5. The smallest absolute Gasteiger partial charge is 0.336 e. The fourth-order valence-corrected chi connectivity index (χ4v) is 2.28. The highest BCUT2D eigenvalue weighted by molar-refractivity contribution is 5.97. The number of ether oxygens (including phenoxy) is 1. The van der Waals surface area contributed by atoms with Crippen LogP contribution in [0.25, 0.3) is 0 Å². The molecule has 0 aliphatic heterocycles. The Kier molecular flexibility index (Phi) is 4.46. The molecule has 0 saturated carbocycles. The van der Waals surface area contributed by atoms with Gasteiger partial charge in [0.2, 0.25) is 0 Å². The molecule has 0 heterocycles. The van der Waals surface area contributed by atoms with Gasteiger partial charge in [-0.15, -0.1) is 0 Å². The summed E-state index contributed by atoms with van der Waals surface area (Å²) in [4.78, 5) is 22.6. The number of carboxylic acid groups (broad SMARTS) is 2. The minimum Gasteiger partial charge on any atom is -0.488 e. The summed E-state index contributed by atoms with van der Waals surface area (Å²) in [6.45, 7) is 3.47. The van der Waals surface area contributed by atoms with Crippen LogP contribution in [0.3, 0.4) is 0 Å². The van der Waals surface area contributed by atoms with E-state index in [9.17, 15) is 19.8 Å². The number of rotatable bonds is 5. The summed E-state index contributed by atoms with van der Waals surface area (Å²) in [7, 11) is 0. The third-order valence-electron chi connectivity index (χ3n) is 3.46. The van der Waals surface area contributed by atoms with E-state index >= 15 is 0 Å². The summed E-state index contributed by atoms with van der Waals surface area (Å²) in [6, 6.07) is 10.6. The van der Waals surface area contributed by atoms with Gasteiger partial charge >= 0.3 is 11.9 Å². The summed E-state index contributed by atoms with van der Waals surface area (Å²) in [6.07, 6.45) is 0. The van der Waals surface area contributed by atoms with E-state index in [0.29, 0.717) is 16.9 Å². The van der Waals surface area contributed by atoms with Crippen molar-refractivity contribution in [2.24, 2.45) is 0 Å². The Morgan fingerprint density at radius 2 is 1.45 bits per heavy atom. The Labute approximate surface area is 127 Å². The van der Waals surface area contributed by atoms with E-state index in [0.717, 1.165) is 5.56 Å². The van der Waals surface area contributed by atoms with Crippen LogP contribution < -0.4 is 4.74 Å². The molecular weight excluding hydrogens is 284 g/mol. The first-order valence-corrected chi connectivity index (χ1v) is 6.69. The number of hydrogen-bond donors (Lipinski definition) is 2. The molecule has 2 aromatic carbocycles. The normalized spacial score (nSPS) is 10.3. The Morgan fingerprint density at radius 1 is 0.955 bits per heavy atom. The second kappa shape index (κ2) is 6.30. The van der Waals surface area contributed by atoms with E-state index < -0.39 is 11.9 Å². The second-order valence-electron chi connectivity index (χ2n) is 4.94. The number of hydrogen-bond acceptors (Lipinski definition) is 3. The molecule has 0 spiro atoms. The lowest BCUT2D eigenvalue weighted by atomic mass is 9.98. The highest BCUT2D eigenvalue weighted by atomic mass is 16.5. The molecule has 5 nitrogen and oxygen atoms in total. The van der Waals surface area contributed by atoms with Crippen LogP contribution in [0.15, 0.2) is 36.4 Å². The van der Waals surface area contributed by atoms with Crippen molar-refractivity contribution in [2.45, 2.75) is 20.5 Å². The van der Waals surface area contributed by atoms with E-state index in [1.807, 2.05) is 30.3 Å². The van der Waals surface area contributed by atoms with Crippen LogP contribution in [0.2, 0.25) is 0 Å². The van der Waals surface area contributed by atoms with Gasteiger partial charge in [0.25, 0.3) is 0 Å². The van der Waals surface area contributed by atoms with Crippen molar-refractivity contribution >= 4 is 11.9 Å². The summed E-state index contributed by atoms with van der Waals surface area (Å²) in [5.41, 5.74) is 1.63. The third kappa shape index (κ3) is 3.09. The molecule has 2 rings (SSSR count). The summed E-state index contributed by atoms with van der Waals surface area (Å²) in [5.74, 6) is -2.05. The summed E-state index contributed by atoms with van der Waals surface area (Å²) in [5, 5.41) is 18.4. The summed E-state index contributed by atoms with van der Waals surface area (Å²) < 4.78 is 5.71. The van der Waals surface area contributed by atoms with Gasteiger partial charge in [0, 0.05) is 11.1 Å². The lowest BCUT2D eigenvalue weighted by Gasteiger charge is -2.16. The van der Waals surface area contributed by atoms with Crippen LogP contribution in [0.5, 0.6) is 5.75 Å². The van der Waals surface area contributed by atoms with Crippen molar-refractivity contribution in [3.05, 3.63) is 64.2 Å². The van der Waals surface area contributed by atoms with Gasteiger partial charge in [-0.25, -0.2) is 9.59 Å². The van der Waals surface area contributed by atoms with Gasteiger partial charge in [0.05, 0.1) is 11.1 Å². The standard InChI is InChI=1S/C17H16O5/c1-10-13(16(18)19)8-14(17(20)21)11(2)15(10)22-9-12-6-4-3-5-7-12/h3-8H,9H2,1-2H3,(H,18,19)(H,20,21). The molecule has 5 heteroatoms. The third-order valence-corrected chi connectivity index (χ3v) is 3.46. The van der Waals surface area contributed by atoms with Gasteiger partial charge in [-0.05, 0) is 25.5 Å². The van der Waals surface area contributed by atoms with Gasteiger partial charge in [0.1, 0.15) is 12.4 Å². The molecule has 0 fully saturated rings.